The first-order chi connectivity index (χ1) is 12.6. The number of hydrogen-bond acceptors (Lipinski definition) is 7. The van der Waals surface area contributed by atoms with Crippen molar-refractivity contribution in [2.75, 3.05) is 14.2 Å². The highest BCUT2D eigenvalue weighted by atomic mass is 19.1. The van der Waals surface area contributed by atoms with Crippen LogP contribution in [0.4, 0.5) is 4.39 Å². The van der Waals surface area contributed by atoms with Gasteiger partial charge in [0.15, 0.2) is 18.1 Å². The molecule has 0 spiro atoms. The van der Waals surface area contributed by atoms with Crippen molar-refractivity contribution in [1.29, 1.82) is 0 Å². The highest BCUT2D eigenvalue weighted by Crippen LogP contribution is 2.31. The van der Waals surface area contributed by atoms with E-state index in [9.17, 15) is 9.18 Å². The lowest BCUT2D eigenvalue weighted by molar-refractivity contribution is 0.0424. The van der Waals surface area contributed by atoms with Gasteiger partial charge in [-0.2, -0.15) is 4.98 Å². The Morgan fingerprint density at radius 1 is 1.12 bits per heavy atom. The van der Waals surface area contributed by atoms with Crippen molar-refractivity contribution in [3.8, 4) is 22.9 Å². The number of methoxy groups -OCH3 is 2. The zero-order valence-corrected chi connectivity index (χ0v) is 14.1. The van der Waals surface area contributed by atoms with Gasteiger partial charge in [0, 0.05) is 5.56 Å². The first-order valence-corrected chi connectivity index (χ1v) is 7.59. The second-order valence-electron chi connectivity index (χ2n) is 5.14. The summed E-state index contributed by atoms with van der Waals surface area (Å²) in [5, 5.41) is 3.84. The van der Waals surface area contributed by atoms with Crippen molar-refractivity contribution in [2.24, 2.45) is 0 Å². The SMILES string of the molecule is COc1ccc(-c2noc(COC(=O)c3ccccc3F)n2)cc1OC. The molecule has 0 aliphatic carbocycles. The van der Waals surface area contributed by atoms with Gasteiger partial charge >= 0.3 is 5.97 Å². The van der Waals surface area contributed by atoms with E-state index in [1.54, 1.807) is 24.3 Å². The minimum atomic E-state index is -0.811. The first-order valence-electron chi connectivity index (χ1n) is 7.59. The van der Waals surface area contributed by atoms with E-state index in [1.165, 1.54) is 32.4 Å². The number of nitrogens with zero attached hydrogens (tertiary/aromatic N) is 2. The Morgan fingerprint density at radius 2 is 1.88 bits per heavy atom. The fraction of sp³-hybridized carbons (Fsp3) is 0.167. The van der Waals surface area contributed by atoms with Crippen LogP contribution in [-0.4, -0.2) is 30.3 Å². The maximum absolute atomic E-state index is 13.6. The first kappa shape index (κ1) is 17.4. The van der Waals surface area contributed by atoms with E-state index in [0.717, 1.165) is 0 Å². The van der Waals surface area contributed by atoms with Gasteiger partial charge in [-0.05, 0) is 30.3 Å². The molecule has 0 bridgehead atoms. The standard InChI is InChI=1S/C18H15FN2O5/c1-23-14-8-7-11(9-15(14)24-2)17-20-16(26-21-17)10-25-18(22)12-5-3-4-6-13(12)19/h3-9H,10H2,1-2H3. The Morgan fingerprint density at radius 3 is 2.62 bits per heavy atom. The number of hydrogen-bond donors (Lipinski definition) is 0. The number of halogens is 1. The topological polar surface area (TPSA) is 83.7 Å². The van der Waals surface area contributed by atoms with Crippen LogP contribution in [-0.2, 0) is 11.3 Å². The minimum absolute atomic E-state index is 0.0828. The average molecular weight is 358 g/mol. The summed E-state index contributed by atoms with van der Waals surface area (Å²) >= 11 is 0. The van der Waals surface area contributed by atoms with Gasteiger partial charge in [0.05, 0.1) is 19.8 Å². The zero-order chi connectivity index (χ0) is 18.5. The van der Waals surface area contributed by atoms with Crippen LogP contribution in [0.2, 0.25) is 0 Å². The molecule has 2 aromatic carbocycles. The van der Waals surface area contributed by atoms with Gasteiger partial charge in [-0.25, -0.2) is 9.18 Å². The maximum Gasteiger partial charge on any atom is 0.341 e. The average Bonchev–Trinajstić information content (AvgIpc) is 3.15. The predicted octanol–water partition coefficient (Wildman–Crippen LogP) is 3.25. The molecule has 7 nitrogen and oxygen atoms in total. The molecule has 0 unspecified atom stereocenters. The third-order valence-electron chi connectivity index (χ3n) is 3.53. The van der Waals surface area contributed by atoms with E-state index in [2.05, 4.69) is 10.1 Å². The lowest BCUT2D eigenvalue weighted by Crippen LogP contribution is -2.07. The summed E-state index contributed by atoms with van der Waals surface area (Å²) in [4.78, 5) is 16.0. The number of aromatic nitrogens is 2. The summed E-state index contributed by atoms with van der Waals surface area (Å²) in [6.45, 7) is -0.270. The van der Waals surface area contributed by atoms with Gasteiger partial charge in [-0.3, -0.25) is 0 Å². The van der Waals surface area contributed by atoms with Crippen molar-refractivity contribution < 1.29 is 27.9 Å². The summed E-state index contributed by atoms with van der Waals surface area (Å²) in [7, 11) is 3.05. The smallest absolute Gasteiger partial charge is 0.341 e. The lowest BCUT2D eigenvalue weighted by atomic mass is 10.2. The number of ether oxygens (including phenoxy) is 3. The van der Waals surface area contributed by atoms with Crippen molar-refractivity contribution in [3.63, 3.8) is 0 Å². The molecule has 0 amide bonds. The monoisotopic (exact) mass is 358 g/mol. The molecule has 3 aromatic rings. The van der Waals surface area contributed by atoms with Crippen molar-refractivity contribution in [1.82, 2.24) is 10.1 Å². The van der Waals surface area contributed by atoms with E-state index in [0.29, 0.717) is 22.9 Å². The molecular formula is C18H15FN2O5. The van der Waals surface area contributed by atoms with Gasteiger partial charge in [-0.15, -0.1) is 0 Å². The molecule has 26 heavy (non-hydrogen) atoms. The second kappa shape index (κ2) is 7.64. The molecule has 0 radical (unpaired) electrons. The quantitative estimate of drug-likeness (QED) is 0.625. The molecule has 0 aliphatic heterocycles. The van der Waals surface area contributed by atoms with Crippen LogP contribution < -0.4 is 9.47 Å². The molecule has 3 rings (SSSR count). The summed E-state index contributed by atoms with van der Waals surface area (Å²) < 4.78 is 34.0. The maximum atomic E-state index is 13.6. The van der Waals surface area contributed by atoms with Gasteiger partial charge in [0.1, 0.15) is 5.82 Å². The zero-order valence-electron chi connectivity index (χ0n) is 14.1. The molecule has 1 heterocycles. The van der Waals surface area contributed by atoms with Crippen LogP contribution in [0, 0.1) is 5.82 Å². The molecular weight excluding hydrogens is 343 g/mol. The van der Waals surface area contributed by atoms with E-state index in [-0.39, 0.29) is 18.1 Å². The Hall–Kier alpha value is -3.42. The van der Waals surface area contributed by atoms with Gasteiger partial charge in [0.2, 0.25) is 5.82 Å². The van der Waals surface area contributed by atoms with E-state index >= 15 is 0 Å². The molecule has 1 aromatic heterocycles. The van der Waals surface area contributed by atoms with E-state index < -0.39 is 11.8 Å². The van der Waals surface area contributed by atoms with Crippen molar-refractivity contribution in [2.45, 2.75) is 6.61 Å². The van der Waals surface area contributed by atoms with Crippen LogP contribution in [0.1, 0.15) is 16.2 Å². The summed E-state index contributed by atoms with van der Waals surface area (Å²) in [5.41, 5.74) is 0.477. The molecule has 134 valence electrons. The third kappa shape index (κ3) is 3.64. The molecule has 0 saturated carbocycles. The Kier molecular flexibility index (Phi) is 5.12. The summed E-state index contributed by atoms with van der Waals surface area (Å²) in [6, 6.07) is 10.7. The lowest BCUT2D eigenvalue weighted by Gasteiger charge is -2.07. The summed E-state index contributed by atoms with van der Waals surface area (Å²) in [5.74, 6) is -0.00787. The molecule has 0 aliphatic rings. The van der Waals surface area contributed by atoms with Gasteiger partial charge in [0.25, 0.3) is 5.89 Å². The van der Waals surface area contributed by atoms with E-state index in [4.69, 9.17) is 18.7 Å². The van der Waals surface area contributed by atoms with Gasteiger partial charge in [-0.1, -0.05) is 17.3 Å². The van der Waals surface area contributed by atoms with Crippen LogP contribution in [0.15, 0.2) is 47.0 Å². The van der Waals surface area contributed by atoms with Crippen molar-refractivity contribution >= 4 is 5.97 Å². The highest BCUT2D eigenvalue weighted by Gasteiger charge is 2.16. The van der Waals surface area contributed by atoms with Crippen molar-refractivity contribution in [3.05, 3.63) is 59.7 Å². The largest absolute Gasteiger partial charge is 0.493 e. The number of carbonyl (C=O) groups is 1. The van der Waals surface area contributed by atoms with Crippen LogP contribution >= 0.6 is 0 Å². The number of carbonyl (C=O) groups excluding carboxylic acids is 1. The normalized spacial score (nSPS) is 10.4. The fourth-order valence-electron chi connectivity index (χ4n) is 2.24. The fourth-order valence-corrected chi connectivity index (χ4v) is 2.24. The molecule has 0 N–H and O–H groups in total. The molecule has 0 saturated heterocycles. The number of esters is 1. The molecule has 0 atom stereocenters. The molecule has 8 heteroatoms. The summed E-state index contributed by atoms with van der Waals surface area (Å²) in [6.07, 6.45) is 0. The van der Waals surface area contributed by atoms with E-state index in [1.807, 2.05) is 0 Å². The second-order valence-corrected chi connectivity index (χ2v) is 5.14. The number of rotatable bonds is 6. The number of benzene rings is 2. The highest BCUT2D eigenvalue weighted by molar-refractivity contribution is 5.89. The predicted molar refractivity (Wildman–Crippen MR) is 88.4 cm³/mol. The third-order valence-corrected chi connectivity index (χ3v) is 3.53. The Labute approximate surface area is 148 Å². The van der Waals surface area contributed by atoms with Crippen LogP contribution in [0.5, 0.6) is 11.5 Å². The minimum Gasteiger partial charge on any atom is -0.493 e. The van der Waals surface area contributed by atoms with Crippen LogP contribution in [0.25, 0.3) is 11.4 Å². The van der Waals surface area contributed by atoms with Gasteiger partial charge < -0.3 is 18.7 Å². The van der Waals surface area contributed by atoms with Crippen LogP contribution in [0.3, 0.4) is 0 Å². The molecule has 0 fully saturated rings. The Balaban J connectivity index is 1.70. The Bertz CT molecular complexity index is 925.